The van der Waals surface area contributed by atoms with Gasteiger partial charge < -0.3 is 0 Å². The van der Waals surface area contributed by atoms with E-state index in [1.807, 2.05) is 36.4 Å². The topological polar surface area (TPSA) is 23.8 Å². The maximum Gasteiger partial charge on any atom is 0.0237 e. The summed E-state index contributed by atoms with van der Waals surface area (Å²) in [6, 6.07) is 11.5. The fourth-order valence-corrected chi connectivity index (χ4v) is 0.624. The van der Waals surface area contributed by atoms with Crippen molar-refractivity contribution in [2.24, 2.45) is 0 Å². The fraction of sp³-hybridized carbons (Fsp3) is 0. The SMILES string of the molecule is Br.N#C[CH-]c1ccccc1.[Zn]. The summed E-state index contributed by atoms with van der Waals surface area (Å²) >= 11 is 0. The molecule has 0 heterocycles. The van der Waals surface area contributed by atoms with E-state index >= 15 is 0 Å². The third kappa shape index (κ3) is 5.01. The Hall–Kier alpha value is -0.317. The van der Waals surface area contributed by atoms with E-state index in [2.05, 4.69) is 0 Å². The quantitative estimate of drug-likeness (QED) is 0.563. The van der Waals surface area contributed by atoms with Gasteiger partial charge >= 0.3 is 0 Å². The molecule has 1 nitrogen and oxygen atoms in total. The van der Waals surface area contributed by atoms with Gasteiger partial charge in [-0.05, 0) is 0 Å². The minimum absolute atomic E-state index is 0. The Labute approximate surface area is 89.9 Å². The van der Waals surface area contributed by atoms with Crippen LogP contribution in [0.3, 0.4) is 0 Å². The van der Waals surface area contributed by atoms with Crippen LogP contribution in [0.2, 0.25) is 0 Å². The zero-order valence-electron chi connectivity index (χ0n) is 6.03. The van der Waals surface area contributed by atoms with Crippen molar-refractivity contribution in [3.8, 4) is 6.07 Å². The number of halogens is 1. The monoisotopic (exact) mass is 260 g/mol. The van der Waals surface area contributed by atoms with Crippen LogP contribution in [0, 0.1) is 17.8 Å². The molecule has 0 unspecified atom stereocenters. The van der Waals surface area contributed by atoms with E-state index in [0.717, 1.165) is 5.56 Å². The molecule has 1 aromatic carbocycles. The molecule has 1 aromatic rings. The molecular weight excluding hydrogens is 255 g/mol. The van der Waals surface area contributed by atoms with Crippen LogP contribution in [-0.4, -0.2) is 0 Å². The van der Waals surface area contributed by atoms with Crippen LogP contribution in [0.1, 0.15) is 5.56 Å². The summed E-state index contributed by atoms with van der Waals surface area (Å²) in [4.78, 5) is 0. The Balaban J connectivity index is 0. The van der Waals surface area contributed by atoms with Gasteiger partial charge in [0.25, 0.3) is 0 Å². The van der Waals surface area contributed by atoms with Crippen molar-refractivity contribution < 1.29 is 19.5 Å². The third-order valence-electron chi connectivity index (χ3n) is 1.03. The first-order valence-corrected chi connectivity index (χ1v) is 2.71. The smallest absolute Gasteiger partial charge is 0.0237 e. The van der Waals surface area contributed by atoms with Gasteiger partial charge in [0, 0.05) is 25.5 Å². The molecule has 0 aromatic heterocycles. The second-order valence-electron chi connectivity index (χ2n) is 1.68. The molecule has 0 spiro atoms. The molecule has 0 aliphatic rings. The fourth-order valence-electron chi connectivity index (χ4n) is 0.624. The van der Waals surface area contributed by atoms with Gasteiger partial charge in [0.05, 0.1) is 0 Å². The molecule has 0 atom stereocenters. The van der Waals surface area contributed by atoms with Crippen LogP contribution in [0.5, 0.6) is 0 Å². The van der Waals surface area contributed by atoms with Gasteiger partial charge in [-0.25, -0.2) is 5.26 Å². The minimum Gasteiger partial charge on any atom is -0.208 e. The zero-order chi connectivity index (χ0) is 6.53. The van der Waals surface area contributed by atoms with Crippen LogP contribution in [0.4, 0.5) is 0 Å². The molecule has 0 amide bonds. The van der Waals surface area contributed by atoms with Gasteiger partial charge in [-0.1, -0.05) is 12.5 Å². The van der Waals surface area contributed by atoms with Crippen LogP contribution >= 0.6 is 17.0 Å². The van der Waals surface area contributed by atoms with Gasteiger partial charge in [-0.3, -0.25) is 0 Å². The maximum absolute atomic E-state index is 8.21. The zero-order valence-corrected chi connectivity index (χ0v) is 10.7. The minimum atomic E-state index is 0. The Kier molecular flexibility index (Phi) is 9.40. The molecule has 1 rings (SSSR count). The number of benzene rings is 1. The Bertz CT molecular complexity index is 217. The number of rotatable bonds is 1. The van der Waals surface area contributed by atoms with Crippen molar-refractivity contribution in [1.82, 2.24) is 0 Å². The molecule has 0 bridgehead atoms. The summed E-state index contributed by atoms with van der Waals surface area (Å²) in [6.07, 6.45) is 1.51. The Morgan fingerprint density at radius 1 is 1.18 bits per heavy atom. The molecule has 0 fully saturated rings. The van der Waals surface area contributed by atoms with Crippen molar-refractivity contribution in [2.45, 2.75) is 0 Å². The molecule has 0 saturated carbocycles. The van der Waals surface area contributed by atoms with Crippen LogP contribution < -0.4 is 0 Å². The van der Waals surface area contributed by atoms with E-state index in [1.165, 1.54) is 6.42 Å². The molecule has 3 heteroatoms. The summed E-state index contributed by atoms with van der Waals surface area (Å²) in [5.74, 6) is 0. The molecule has 11 heavy (non-hydrogen) atoms. The molecule has 54 valence electrons. The van der Waals surface area contributed by atoms with Crippen molar-refractivity contribution >= 4 is 17.0 Å². The van der Waals surface area contributed by atoms with Gasteiger partial charge in [-0.15, -0.1) is 29.1 Å². The van der Waals surface area contributed by atoms with E-state index in [0.29, 0.717) is 0 Å². The van der Waals surface area contributed by atoms with Gasteiger partial charge in [0.2, 0.25) is 0 Å². The Morgan fingerprint density at radius 3 is 2.18 bits per heavy atom. The van der Waals surface area contributed by atoms with E-state index in [4.69, 9.17) is 5.26 Å². The first-order valence-electron chi connectivity index (χ1n) is 2.71. The summed E-state index contributed by atoms with van der Waals surface area (Å²) in [5.41, 5.74) is 0.958. The summed E-state index contributed by atoms with van der Waals surface area (Å²) < 4.78 is 0. The van der Waals surface area contributed by atoms with Crippen molar-refractivity contribution in [3.63, 3.8) is 0 Å². The van der Waals surface area contributed by atoms with Crippen molar-refractivity contribution in [1.29, 1.82) is 5.26 Å². The first kappa shape index (κ1) is 13.3. The molecule has 0 aliphatic heterocycles. The number of nitriles is 1. The van der Waals surface area contributed by atoms with Gasteiger partial charge in [0.1, 0.15) is 0 Å². The molecular formula is C8H7BrNZn-. The number of hydrogen-bond acceptors (Lipinski definition) is 1. The first-order chi connectivity index (χ1) is 4.43. The maximum atomic E-state index is 8.21. The van der Waals surface area contributed by atoms with Crippen molar-refractivity contribution in [2.75, 3.05) is 0 Å². The van der Waals surface area contributed by atoms with Crippen LogP contribution in [0.15, 0.2) is 30.3 Å². The van der Waals surface area contributed by atoms with Gasteiger partial charge in [-0.2, -0.15) is 17.7 Å². The molecule has 0 saturated heterocycles. The standard InChI is InChI=1S/C8H6N.BrH.Zn/c9-7-6-8-4-2-1-3-5-8;;/h1-6H;1H;/q-1;;. The van der Waals surface area contributed by atoms with E-state index in [9.17, 15) is 0 Å². The normalized spacial score (nSPS) is 6.45. The van der Waals surface area contributed by atoms with Gasteiger partial charge in [0.15, 0.2) is 0 Å². The number of hydrogen-bond donors (Lipinski definition) is 0. The molecule has 0 radical (unpaired) electrons. The van der Waals surface area contributed by atoms with E-state index < -0.39 is 0 Å². The predicted molar refractivity (Wildman–Crippen MR) is 45.8 cm³/mol. The average Bonchev–Trinajstić information content (AvgIpc) is 1.91. The molecule has 0 N–H and O–H groups in total. The summed E-state index contributed by atoms with van der Waals surface area (Å²) in [6.45, 7) is 0. The second-order valence-corrected chi connectivity index (χ2v) is 1.68. The Morgan fingerprint density at radius 2 is 1.73 bits per heavy atom. The van der Waals surface area contributed by atoms with Crippen LogP contribution in [0.25, 0.3) is 0 Å². The van der Waals surface area contributed by atoms with Crippen molar-refractivity contribution in [3.05, 3.63) is 42.3 Å². The predicted octanol–water partition coefficient (Wildman–Crippen LogP) is 2.34. The molecule has 0 aliphatic carbocycles. The summed E-state index contributed by atoms with van der Waals surface area (Å²) in [5, 5.41) is 8.21. The number of nitrogens with zero attached hydrogens (tertiary/aromatic N) is 1. The largest absolute Gasteiger partial charge is 0.208 e. The van der Waals surface area contributed by atoms with Crippen LogP contribution in [-0.2, 0) is 19.5 Å². The van der Waals surface area contributed by atoms with E-state index in [-0.39, 0.29) is 36.5 Å². The average molecular weight is 262 g/mol. The third-order valence-corrected chi connectivity index (χ3v) is 1.03. The summed E-state index contributed by atoms with van der Waals surface area (Å²) in [7, 11) is 0. The second kappa shape index (κ2) is 7.79. The van der Waals surface area contributed by atoms with E-state index in [1.54, 1.807) is 0 Å².